The summed E-state index contributed by atoms with van der Waals surface area (Å²) in [6.45, 7) is 10.8. The lowest BCUT2D eigenvalue weighted by Gasteiger charge is -2.15. The SMILES string of the molecule is Cc1ccc(C(N)c2nc(C(C)(C)C)cs2)cc1C. The molecule has 1 unspecified atom stereocenters. The number of thiazole rings is 1. The second kappa shape index (κ2) is 5.06. The second-order valence-electron chi connectivity index (χ2n) is 6.14. The number of benzene rings is 1. The van der Waals surface area contributed by atoms with E-state index in [-0.39, 0.29) is 11.5 Å². The van der Waals surface area contributed by atoms with Gasteiger partial charge in [-0.3, -0.25) is 0 Å². The van der Waals surface area contributed by atoms with Crippen molar-refractivity contribution in [3.05, 3.63) is 51.0 Å². The van der Waals surface area contributed by atoms with E-state index in [2.05, 4.69) is 58.2 Å². The molecule has 1 aromatic heterocycles. The molecule has 2 nitrogen and oxygen atoms in total. The normalized spacial score (nSPS) is 13.6. The zero-order chi connectivity index (χ0) is 14.2. The van der Waals surface area contributed by atoms with Crippen LogP contribution in [0.2, 0.25) is 0 Å². The summed E-state index contributed by atoms with van der Waals surface area (Å²) in [6.07, 6.45) is 0. The molecule has 1 aromatic carbocycles. The monoisotopic (exact) mass is 274 g/mol. The molecule has 0 aliphatic carbocycles. The summed E-state index contributed by atoms with van der Waals surface area (Å²) in [5.74, 6) is 0. The molecule has 0 saturated carbocycles. The lowest BCUT2D eigenvalue weighted by atomic mass is 9.93. The zero-order valence-corrected chi connectivity index (χ0v) is 13.1. The molecule has 0 radical (unpaired) electrons. The Morgan fingerprint density at radius 2 is 1.84 bits per heavy atom. The van der Waals surface area contributed by atoms with Crippen molar-refractivity contribution in [3.63, 3.8) is 0 Å². The van der Waals surface area contributed by atoms with E-state index in [9.17, 15) is 0 Å². The van der Waals surface area contributed by atoms with Crippen LogP contribution < -0.4 is 5.73 Å². The van der Waals surface area contributed by atoms with Crippen LogP contribution in [0.15, 0.2) is 23.6 Å². The summed E-state index contributed by atoms with van der Waals surface area (Å²) in [5.41, 5.74) is 11.3. The third kappa shape index (κ3) is 3.04. The van der Waals surface area contributed by atoms with Gasteiger partial charge in [-0.25, -0.2) is 4.98 Å². The maximum absolute atomic E-state index is 6.34. The summed E-state index contributed by atoms with van der Waals surface area (Å²) in [6, 6.07) is 6.27. The van der Waals surface area contributed by atoms with Crippen LogP contribution in [0.25, 0.3) is 0 Å². The summed E-state index contributed by atoms with van der Waals surface area (Å²) < 4.78 is 0. The van der Waals surface area contributed by atoms with E-state index in [1.807, 2.05) is 0 Å². The molecule has 2 aromatic rings. The number of nitrogens with zero attached hydrogens (tertiary/aromatic N) is 1. The first-order valence-corrected chi connectivity index (χ1v) is 7.45. The van der Waals surface area contributed by atoms with Crippen LogP contribution in [0.5, 0.6) is 0 Å². The number of nitrogens with two attached hydrogens (primary N) is 1. The molecule has 0 bridgehead atoms. The van der Waals surface area contributed by atoms with Gasteiger partial charge in [-0.15, -0.1) is 11.3 Å². The Kier molecular flexibility index (Phi) is 3.79. The van der Waals surface area contributed by atoms with E-state index in [0.29, 0.717) is 0 Å². The third-order valence-corrected chi connectivity index (χ3v) is 4.37. The maximum atomic E-state index is 6.34. The molecule has 0 saturated heterocycles. The highest BCUT2D eigenvalue weighted by atomic mass is 32.1. The summed E-state index contributed by atoms with van der Waals surface area (Å²) >= 11 is 1.65. The first kappa shape index (κ1) is 14.2. The number of aromatic nitrogens is 1. The topological polar surface area (TPSA) is 38.9 Å². The average Bonchev–Trinajstić information content (AvgIpc) is 2.81. The van der Waals surface area contributed by atoms with Crippen LogP contribution in [0.4, 0.5) is 0 Å². The Balaban J connectivity index is 2.31. The van der Waals surface area contributed by atoms with Gasteiger partial charge >= 0.3 is 0 Å². The van der Waals surface area contributed by atoms with E-state index in [0.717, 1.165) is 16.3 Å². The van der Waals surface area contributed by atoms with Crippen molar-refractivity contribution in [1.29, 1.82) is 0 Å². The molecule has 2 rings (SSSR count). The fraction of sp³-hybridized carbons (Fsp3) is 0.438. The number of hydrogen-bond acceptors (Lipinski definition) is 3. The molecule has 1 atom stereocenters. The van der Waals surface area contributed by atoms with E-state index in [1.54, 1.807) is 11.3 Å². The molecule has 0 spiro atoms. The van der Waals surface area contributed by atoms with Crippen molar-refractivity contribution in [3.8, 4) is 0 Å². The van der Waals surface area contributed by atoms with Crippen LogP contribution >= 0.6 is 11.3 Å². The molecule has 3 heteroatoms. The molecule has 0 aliphatic rings. The number of aryl methyl sites for hydroxylation is 2. The van der Waals surface area contributed by atoms with Crippen LogP contribution in [-0.2, 0) is 5.41 Å². The van der Waals surface area contributed by atoms with Crippen molar-refractivity contribution in [2.45, 2.75) is 46.1 Å². The fourth-order valence-corrected chi connectivity index (χ4v) is 2.95. The van der Waals surface area contributed by atoms with Gasteiger partial charge in [0.15, 0.2) is 0 Å². The Labute approximate surface area is 119 Å². The third-order valence-electron chi connectivity index (χ3n) is 3.45. The Bertz CT molecular complexity index is 579. The highest BCUT2D eigenvalue weighted by molar-refractivity contribution is 7.09. The second-order valence-corrected chi connectivity index (χ2v) is 7.03. The minimum absolute atomic E-state index is 0.0810. The zero-order valence-electron chi connectivity index (χ0n) is 12.3. The van der Waals surface area contributed by atoms with Gasteiger partial charge in [-0.2, -0.15) is 0 Å². The molecule has 0 amide bonds. The van der Waals surface area contributed by atoms with Crippen LogP contribution in [-0.4, -0.2) is 4.98 Å². The fourth-order valence-electron chi connectivity index (χ4n) is 1.88. The van der Waals surface area contributed by atoms with Gasteiger partial charge in [-0.1, -0.05) is 39.0 Å². The molecule has 102 valence electrons. The van der Waals surface area contributed by atoms with Crippen LogP contribution in [0.1, 0.15) is 54.2 Å². The number of rotatable bonds is 2. The average molecular weight is 274 g/mol. The van der Waals surface area contributed by atoms with E-state index in [1.165, 1.54) is 11.1 Å². The predicted octanol–water partition coefficient (Wildman–Crippen LogP) is 4.11. The van der Waals surface area contributed by atoms with Crippen LogP contribution in [0.3, 0.4) is 0 Å². The first-order chi connectivity index (χ1) is 8.79. The van der Waals surface area contributed by atoms with E-state index in [4.69, 9.17) is 10.7 Å². The van der Waals surface area contributed by atoms with Crippen molar-refractivity contribution in [2.75, 3.05) is 0 Å². The van der Waals surface area contributed by atoms with Gasteiger partial charge in [-0.05, 0) is 30.5 Å². The van der Waals surface area contributed by atoms with Gasteiger partial charge in [0.05, 0.1) is 11.7 Å². The minimum atomic E-state index is -0.125. The van der Waals surface area contributed by atoms with Crippen molar-refractivity contribution in [1.82, 2.24) is 4.98 Å². The highest BCUT2D eigenvalue weighted by Gasteiger charge is 2.20. The largest absolute Gasteiger partial charge is 0.318 e. The Morgan fingerprint density at radius 1 is 1.16 bits per heavy atom. The summed E-state index contributed by atoms with van der Waals surface area (Å²) in [4.78, 5) is 4.70. The predicted molar refractivity (Wildman–Crippen MR) is 82.8 cm³/mol. The summed E-state index contributed by atoms with van der Waals surface area (Å²) in [5, 5.41) is 3.11. The Hall–Kier alpha value is -1.19. The lowest BCUT2D eigenvalue weighted by molar-refractivity contribution is 0.569. The Morgan fingerprint density at radius 3 is 2.37 bits per heavy atom. The molecule has 0 aliphatic heterocycles. The van der Waals surface area contributed by atoms with E-state index >= 15 is 0 Å². The summed E-state index contributed by atoms with van der Waals surface area (Å²) in [7, 11) is 0. The van der Waals surface area contributed by atoms with Crippen molar-refractivity contribution >= 4 is 11.3 Å². The molecule has 19 heavy (non-hydrogen) atoms. The van der Waals surface area contributed by atoms with Gasteiger partial charge in [0.1, 0.15) is 5.01 Å². The molecular formula is C16H22N2S. The highest BCUT2D eigenvalue weighted by Crippen LogP contribution is 2.29. The van der Waals surface area contributed by atoms with Crippen molar-refractivity contribution in [2.24, 2.45) is 5.73 Å². The van der Waals surface area contributed by atoms with Gasteiger partial charge in [0, 0.05) is 10.8 Å². The molecule has 0 fully saturated rings. The smallest absolute Gasteiger partial charge is 0.114 e. The number of hydrogen-bond donors (Lipinski definition) is 1. The molecular weight excluding hydrogens is 252 g/mol. The van der Waals surface area contributed by atoms with Crippen LogP contribution in [0, 0.1) is 13.8 Å². The first-order valence-electron chi connectivity index (χ1n) is 6.57. The van der Waals surface area contributed by atoms with E-state index < -0.39 is 0 Å². The lowest BCUT2D eigenvalue weighted by Crippen LogP contribution is -2.15. The van der Waals surface area contributed by atoms with Gasteiger partial charge in [0.25, 0.3) is 0 Å². The quantitative estimate of drug-likeness (QED) is 0.895. The van der Waals surface area contributed by atoms with Gasteiger partial charge < -0.3 is 5.73 Å². The van der Waals surface area contributed by atoms with Gasteiger partial charge in [0.2, 0.25) is 0 Å². The van der Waals surface area contributed by atoms with Crippen molar-refractivity contribution < 1.29 is 0 Å². The maximum Gasteiger partial charge on any atom is 0.114 e. The molecule has 2 N–H and O–H groups in total. The molecule has 1 heterocycles. The standard InChI is InChI=1S/C16H22N2S/c1-10-6-7-12(8-11(10)2)14(17)15-18-13(9-19-15)16(3,4)5/h6-9,14H,17H2,1-5H3. The minimum Gasteiger partial charge on any atom is -0.318 e.